The van der Waals surface area contributed by atoms with Crippen LogP contribution < -0.4 is 19.7 Å². The standard InChI is InChI=1S/C27H22ClIN2O5/c1-3-35-23-14-18(13-22(29)24(23)36-15-17-5-4-6-19(28)11-17)12-21-25(32)30-27(34)31(26(21)33)20-9-7-16(2)8-10-20/h4-14H,3,15H2,1-2H3,(H,30,32,34)/b21-12+. The van der Waals surface area contributed by atoms with Crippen molar-refractivity contribution in [2.24, 2.45) is 0 Å². The second kappa shape index (κ2) is 11.1. The molecule has 1 aliphatic heterocycles. The minimum atomic E-state index is -0.791. The summed E-state index contributed by atoms with van der Waals surface area (Å²) in [6.07, 6.45) is 1.44. The first-order chi connectivity index (χ1) is 17.3. The number of nitrogens with one attached hydrogen (secondary N) is 1. The van der Waals surface area contributed by atoms with Crippen molar-refractivity contribution in [1.29, 1.82) is 0 Å². The maximum Gasteiger partial charge on any atom is 0.335 e. The van der Waals surface area contributed by atoms with Crippen LogP contribution in [0.4, 0.5) is 10.5 Å². The number of carbonyl (C=O) groups excluding carboxylic acids is 3. The van der Waals surface area contributed by atoms with Gasteiger partial charge in [0.05, 0.1) is 15.9 Å². The van der Waals surface area contributed by atoms with E-state index in [-0.39, 0.29) is 12.2 Å². The summed E-state index contributed by atoms with van der Waals surface area (Å²) >= 11 is 8.18. The Morgan fingerprint density at radius 3 is 2.47 bits per heavy atom. The molecule has 1 N–H and O–H groups in total. The zero-order valence-corrected chi connectivity index (χ0v) is 22.4. The minimum absolute atomic E-state index is 0.166. The number of amides is 4. The number of barbiturate groups is 1. The summed E-state index contributed by atoms with van der Waals surface area (Å²) < 4.78 is 12.6. The van der Waals surface area contributed by atoms with E-state index in [9.17, 15) is 14.4 Å². The van der Waals surface area contributed by atoms with Crippen molar-refractivity contribution >= 4 is 63.8 Å². The number of benzene rings is 3. The van der Waals surface area contributed by atoms with E-state index in [1.807, 2.05) is 32.0 Å². The number of hydrogen-bond donors (Lipinski definition) is 1. The highest BCUT2D eigenvalue weighted by Gasteiger charge is 2.36. The Labute approximate surface area is 227 Å². The smallest absolute Gasteiger partial charge is 0.335 e. The van der Waals surface area contributed by atoms with E-state index in [1.165, 1.54) is 6.08 Å². The van der Waals surface area contributed by atoms with Crippen LogP contribution in [0.15, 0.2) is 66.2 Å². The summed E-state index contributed by atoms with van der Waals surface area (Å²) in [5.41, 5.74) is 2.63. The Bertz CT molecular complexity index is 1370. The fourth-order valence-corrected chi connectivity index (χ4v) is 4.60. The van der Waals surface area contributed by atoms with Gasteiger partial charge in [0.2, 0.25) is 0 Å². The summed E-state index contributed by atoms with van der Waals surface area (Å²) in [5.74, 6) is -0.465. The van der Waals surface area contributed by atoms with Crippen LogP contribution in [0.3, 0.4) is 0 Å². The third-order valence-corrected chi connectivity index (χ3v) is 6.35. The molecule has 0 spiro atoms. The maximum absolute atomic E-state index is 13.2. The molecule has 36 heavy (non-hydrogen) atoms. The topological polar surface area (TPSA) is 84.9 Å². The van der Waals surface area contributed by atoms with Crippen LogP contribution in [-0.2, 0) is 16.2 Å². The van der Waals surface area contributed by atoms with E-state index >= 15 is 0 Å². The summed E-state index contributed by atoms with van der Waals surface area (Å²) in [7, 11) is 0. The summed E-state index contributed by atoms with van der Waals surface area (Å²) in [6.45, 7) is 4.42. The lowest BCUT2D eigenvalue weighted by molar-refractivity contribution is -0.122. The molecule has 4 amide bonds. The average Bonchev–Trinajstić information content (AvgIpc) is 2.82. The molecule has 3 aromatic carbocycles. The number of carbonyl (C=O) groups is 3. The van der Waals surface area contributed by atoms with Gasteiger partial charge in [-0.15, -0.1) is 0 Å². The fourth-order valence-electron chi connectivity index (χ4n) is 3.61. The van der Waals surface area contributed by atoms with E-state index in [0.717, 1.165) is 19.6 Å². The summed E-state index contributed by atoms with van der Waals surface area (Å²) in [5, 5.41) is 2.86. The molecule has 0 atom stereocenters. The molecule has 0 aromatic heterocycles. The zero-order valence-electron chi connectivity index (χ0n) is 19.5. The molecule has 1 aliphatic rings. The lowest BCUT2D eigenvalue weighted by Gasteiger charge is -2.26. The number of anilines is 1. The van der Waals surface area contributed by atoms with Gasteiger partial charge in [-0.05, 0) is 90.0 Å². The van der Waals surface area contributed by atoms with Crippen molar-refractivity contribution in [3.63, 3.8) is 0 Å². The zero-order chi connectivity index (χ0) is 25.8. The van der Waals surface area contributed by atoms with Crippen molar-refractivity contribution in [3.05, 3.63) is 91.5 Å². The fraction of sp³-hybridized carbons (Fsp3) is 0.148. The number of imide groups is 2. The van der Waals surface area contributed by atoms with Gasteiger partial charge >= 0.3 is 6.03 Å². The Hall–Kier alpha value is -3.37. The van der Waals surface area contributed by atoms with E-state index in [4.69, 9.17) is 21.1 Å². The van der Waals surface area contributed by atoms with Crippen molar-refractivity contribution in [3.8, 4) is 11.5 Å². The Morgan fingerprint density at radius 1 is 1.03 bits per heavy atom. The molecule has 184 valence electrons. The molecule has 9 heteroatoms. The lowest BCUT2D eigenvalue weighted by Crippen LogP contribution is -2.54. The van der Waals surface area contributed by atoms with E-state index < -0.39 is 17.8 Å². The van der Waals surface area contributed by atoms with Gasteiger partial charge in [0.15, 0.2) is 11.5 Å². The van der Waals surface area contributed by atoms with E-state index in [1.54, 1.807) is 42.5 Å². The maximum atomic E-state index is 13.2. The van der Waals surface area contributed by atoms with Crippen LogP contribution in [-0.4, -0.2) is 24.5 Å². The third kappa shape index (κ3) is 5.71. The molecule has 7 nitrogen and oxygen atoms in total. The predicted molar refractivity (Wildman–Crippen MR) is 146 cm³/mol. The molecule has 1 saturated heterocycles. The Balaban J connectivity index is 1.65. The molecule has 0 unspecified atom stereocenters. The van der Waals surface area contributed by atoms with Gasteiger partial charge in [-0.25, -0.2) is 9.69 Å². The number of hydrogen-bond acceptors (Lipinski definition) is 5. The molecule has 1 heterocycles. The molecule has 0 aliphatic carbocycles. The Morgan fingerprint density at radius 2 is 1.78 bits per heavy atom. The van der Waals surface area contributed by atoms with Crippen molar-refractivity contribution in [2.75, 3.05) is 11.5 Å². The minimum Gasteiger partial charge on any atom is -0.490 e. The van der Waals surface area contributed by atoms with Gasteiger partial charge in [-0.1, -0.05) is 41.4 Å². The summed E-state index contributed by atoms with van der Waals surface area (Å²) in [6, 6.07) is 16.9. The van der Waals surface area contributed by atoms with E-state index in [0.29, 0.717) is 34.4 Å². The van der Waals surface area contributed by atoms with Crippen molar-refractivity contribution < 1.29 is 23.9 Å². The predicted octanol–water partition coefficient (Wildman–Crippen LogP) is 5.90. The molecular formula is C27H22ClIN2O5. The SMILES string of the molecule is CCOc1cc(/C=C2\C(=O)NC(=O)N(c3ccc(C)cc3)C2=O)cc(I)c1OCc1cccc(Cl)c1. The quantitative estimate of drug-likeness (QED) is 0.203. The van der Waals surface area contributed by atoms with E-state index in [2.05, 4.69) is 27.9 Å². The molecular weight excluding hydrogens is 595 g/mol. The van der Waals surface area contributed by atoms with Gasteiger partial charge in [0.25, 0.3) is 11.8 Å². The molecule has 0 saturated carbocycles. The number of rotatable bonds is 7. The first kappa shape index (κ1) is 25.7. The van der Waals surface area contributed by atoms with Crippen LogP contribution in [0.1, 0.15) is 23.6 Å². The first-order valence-electron chi connectivity index (χ1n) is 11.1. The summed E-state index contributed by atoms with van der Waals surface area (Å²) in [4.78, 5) is 39.2. The third-order valence-electron chi connectivity index (χ3n) is 5.31. The second-order valence-corrected chi connectivity index (χ2v) is 9.57. The average molecular weight is 617 g/mol. The molecule has 0 bridgehead atoms. The molecule has 4 rings (SSSR count). The van der Waals surface area contributed by atoms with Crippen LogP contribution >= 0.6 is 34.2 Å². The van der Waals surface area contributed by atoms with Crippen LogP contribution in [0.2, 0.25) is 5.02 Å². The first-order valence-corrected chi connectivity index (χ1v) is 12.5. The number of aryl methyl sites for hydroxylation is 1. The number of halogens is 2. The highest BCUT2D eigenvalue weighted by molar-refractivity contribution is 14.1. The second-order valence-electron chi connectivity index (χ2n) is 7.97. The highest BCUT2D eigenvalue weighted by atomic mass is 127. The largest absolute Gasteiger partial charge is 0.490 e. The highest BCUT2D eigenvalue weighted by Crippen LogP contribution is 2.36. The van der Waals surface area contributed by atoms with Gasteiger partial charge in [0.1, 0.15) is 12.2 Å². The molecule has 3 aromatic rings. The van der Waals surface area contributed by atoms with Crippen LogP contribution in [0.25, 0.3) is 6.08 Å². The number of ether oxygens (including phenoxy) is 2. The Kier molecular flexibility index (Phi) is 7.95. The van der Waals surface area contributed by atoms with Gasteiger partial charge < -0.3 is 9.47 Å². The van der Waals surface area contributed by atoms with Crippen molar-refractivity contribution in [1.82, 2.24) is 5.32 Å². The van der Waals surface area contributed by atoms with Crippen LogP contribution in [0, 0.1) is 10.5 Å². The van der Waals surface area contributed by atoms with Gasteiger partial charge in [-0.2, -0.15) is 0 Å². The molecule has 0 radical (unpaired) electrons. The number of nitrogens with zero attached hydrogens (tertiary/aromatic N) is 1. The molecule has 1 fully saturated rings. The van der Waals surface area contributed by atoms with Gasteiger partial charge in [-0.3, -0.25) is 14.9 Å². The lowest BCUT2D eigenvalue weighted by atomic mass is 10.1. The monoisotopic (exact) mass is 616 g/mol. The number of urea groups is 1. The van der Waals surface area contributed by atoms with Crippen LogP contribution in [0.5, 0.6) is 11.5 Å². The normalized spacial score (nSPS) is 14.7. The van der Waals surface area contributed by atoms with Crippen molar-refractivity contribution in [2.45, 2.75) is 20.5 Å². The van der Waals surface area contributed by atoms with Gasteiger partial charge in [0, 0.05) is 5.02 Å².